The molecule has 0 bridgehead atoms. The number of hydrogen-bond donors (Lipinski definition) is 2. The normalized spacial score (nSPS) is 20.9. The zero-order chi connectivity index (χ0) is 16.2. The molecule has 2 aliphatic rings. The standard InChI is InChI=1S/C16H21FN4O2/c1-11(22)19-10-13-9-15(20-23-13)12-2-3-16(14(17)8-12)21-6-4-18-5-7-21/h2-3,8,13,18H,4-7,9-10H2,1H3,(H,19,22)/t13-/m1/s1. The molecule has 0 saturated carbocycles. The average Bonchev–Trinajstić information content (AvgIpc) is 3.02. The first-order chi connectivity index (χ1) is 11.1. The summed E-state index contributed by atoms with van der Waals surface area (Å²) in [6, 6.07) is 5.20. The summed E-state index contributed by atoms with van der Waals surface area (Å²) in [4.78, 5) is 18.3. The van der Waals surface area contributed by atoms with Gasteiger partial charge in [0.05, 0.1) is 17.9 Å². The van der Waals surface area contributed by atoms with Gasteiger partial charge in [0, 0.05) is 45.1 Å². The first-order valence-corrected chi connectivity index (χ1v) is 7.86. The van der Waals surface area contributed by atoms with Crippen LogP contribution < -0.4 is 15.5 Å². The molecule has 7 heteroatoms. The number of nitrogens with zero attached hydrogens (tertiary/aromatic N) is 2. The van der Waals surface area contributed by atoms with Gasteiger partial charge in [-0.3, -0.25) is 4.79 Å². The summed E-state index contributed by atoms with van der Waals surface area (Å²) in [6.45, 7) is 5.21. The first-order valence-electron chi connectivity index (χ1n) is 7.86. The Balaban J connectivity index is 1.65. The largest absolute Gasteiger partial charge is 0.390 e. The molecule has 1 saturated heterocycles. The summed E-state index contributed by atoms with van der Waals surface area (Å²) in [5, 5.41) is 9.98. The van der Waals surface area contributed by atoms with Gasteiger partial charge in [0.25, 0.3) is 0 Å². The van der Waals surface area contributed by atoms with Crippen LogP contribution in [0.5, 0.6) is 0 Å². The third kappa shape index (κ3) is 3.79. The van der Waals surface area contributed by atoms with Crippen LogP contribution in [0.1, 0.15) is 18.9 Å². The van der Waals surface area contributed by atoms with E-state index in [1.54, 1.807) is 6.07 Å². The second kappa shape index (κ2) is 6.95. The van der Waals surface area contributed by atoms with Crippen LogP contribution in [0, 0.1) is 5.82 Å². The van der Waals surface area contributed by atoms with Gasteiger partial charge in [-0.15, -0.1) is 0 Å². The van der Waals surface area contributed by atoms with E-state index < -0.39 is 0 Å². The SMILES string of the molecule is CC(=O)NC[C@H]1CC(c2ccc(N3CCNCC3)c(F)c2)=NO1. The van der Waals surface area contributed by atoms with Gasteiger partial charge >= 0.3 is 0 Å². The summed E-state index contributed by atoms with van der Waals surface area (Å²) in [6.07, 6.45) is 0.372. The van der Waals surface area contributed by atoms with Crippen LogP contribution in [0.25, 0.3) is 0 Å². The fourth-order valence-corrected chi connectivity index (χ4v) is 2.81. The molecular formula is C16H21FN4O2. The summed E-state index contributed by atoms with van der Waals surface area (Å²) < 4.78 is 14.4. The highest BCUT2D eigenvalue weighted by Crippen LogP contribution is 2.24. The van der Waals surface area contributed by atoms with Crippen LogP contribution in [0.3, 0.4) is 0 Å². The molecule has 1 fully saturated rings. The molecule has 0 unspecified atom stereocenters. The lowest BCUT2D eigenvalue weighted by atomic mass is 10.0. The van der Waals surface area contributed by atoms with E-state index in [0.29, 0.717) is 24.4 Å². The van der Waals surface area contributed by atoms with Crippen LogP contribution in [0.4, 0.5) is 10.1 Å². The predicted molar refractivity (Wildman–Crippen MR) is 86.2 cm³/mol. The van der Waals surface area contributed by atoms with E-state index in [1.807, 2.05) is 11.0 Å². The van der Waals surface area contributed by atoms with Crippen molar-refractivity contribution in [1.82, 2.24) is 10.6 Å². The molecule has 1 amide bonds. The highest BCUT2D eigenvalue weighted by molar-refractivity contribution is 6.01. The summed E-state index contributed by atoms with van der Waals surface area (Å²) in [5.41, 5.74) is 2.07. The number of benzene rings is 1. The van der Waals surface area contributed by atoms with Crippen molar-refractivity contribution in [3.63, 3.8) is 0 Å². The van der Waals surface area contributed by atoms with Crippen LogP contribution >= 0.6 is 0 Å². The molecule has 0 spiro atoms. The lowest BCUT2D eigenvalue weighted by Gasteiger charge is -2.29. The zero-order valence-corrected chi connectivity index (χ0v) is 13.1. The van der Waals surface area contributed by atoms with Crippen LogP contribution in [-0.4, -0.2) is 50.4 Å². The van der Waals surface area contributed by atoms with E-state index in [9.17, 15) is 9.18 Å². The Morgan fingerprint density at radius 3 is 2.96 bits per heavy atom. The number of carbonyl (C=O) groups excluding carboxylic acids is 1. The lowest BCUT2D eigenvalue weighted by Crippen LogP contribution is -2.43. The van der Waals surface area contributed by atoms with Gasteiger partial charge in [-0.25, -0.2) is 4.39 Å². The molecule has 0 aliphatic carbocycles. The Bertz CT molecular complexity index is 614. The molecule has 1 aromatic rings. The molecule has 6 nitrogen and oxygen atoms in total. The highest BCUT2D eigenvalue weighted by Gasteiger charge is 2.23. The predicted octanol–water partition coefficient (Wildman–Crippen LogP) is 0.864. The number of oxime groups is 1. The van der Waals surface area contributed by atoms with Crippen LogP contribution in [0.15, 0.2) is 23.4 Å². The maximum Gasteiger partial charge on any atom is 0.217 e. The highest BCUT2D eigenvalue weighted by atomic mass is 19.1. The van der Waals surface area contributed by atoms with E-state index in [-0.39, 0.29) is 17.8 Å². The van der Waals surface area contributed by atoms with E-state index in [0.717, 1.165) is 31.7 Å². The Morgan fingerprint density at radius 1 is 1.48 bits per heavy atom. The number of halogens is 1. The molecule has 0 aromatic heterocycles. The van der Waals surface area contributed by atoms with Crippen molar-refractivity contribution in [3.05, 3.63) is 29.6 Å². The molecule has 2 N–H and O–H groups in total. The minimum Gasteiger partial charge on any atom is -0.390 e. The second-order valence-electron chi connectivity index (χ2n) is 5.81. The van der Waals surface area contributed by atoms with Crippen molar-refractivity contribution in [3.8, 4) is 0 Å². The molecule has 0 radical (unpaired) electrons. The number of piperazine rings is 1. The molecule has 3 rings (SSSR count). The molecular weight excluding hydrogens is 299 g/mol. The van der Waals surface area contributed by atoms with E-state index in [2.05, 4.69) is 15.8 Å². The van der Waals surface area contributed by atoms with Gasteiger partial charge in [-0.2, -0.15) is 0 Å². The second-order valence-corrected chi connectivity index (χ2v) is 5.81. The maximum absolute atomic E-state index is 14.4. The van der Waals surface area contributed by atoms with Crippen molar-refractivity contribution in [2.24, 2.45) is 5.16 Å². The van der Waals surface area contributed by atoms with Gasteiger partial charge in [-0.05, 0) is 12.1 Å². The van der Waals surface area contributed by atoms with Gasteiger partial charge in [0.1, 0.15) is 11.9 Å². The van der Waals surface area contributed by atoms with Crippen molar-refractivity contribution in [1.29, 1.82) is 0 Å². The van der Waals surface area contributed by atoms with E-state index in [1.165, 1.54) is 13.0 Å². The Kier molecular flexibility index (Phi) is 4.76. The third-order valence-corrected chi connectivity index (χ3v) is 4.05. The van der Waals surface area contributed by atoms with E-state index in [4.69, 9.17) is 4.84 Å². The number of carbonyl (C=O) groups is 1. The van der Waals surface area contributed by atoms with Gasteiger partial charge < -0.3 is 20.4 Å². The summed E-state index contributed by atoms with van der Waals surface area (Å²) in [7, 11) is 0. The topological polar surface area (TPSA) is 66.0 Å². The van der Waals surface area contributed by atoms with E-state index >= 15 is 0 Å². The van der Waals surface area contributed by atoms with Crippen molar-refractivity contribution in [2.45, 2.75) is 19.4 Å². The maximum atomic E-state index is 14.4. The average molecular weight is 320 g/mol. The fourth-order valence-electron chi connectivity index (χ4n) is 2.81. The monoisotopic (exact) mass is 320 g/mol. The van der Waals surface area contributed by atoms with Gasteiger partial charge in [0.2, 0.25) is 5.91 Å². The van der Waals surface area contributed by atoms with Crippen molar-refractivity contribution >= 4 is 17.3 Å². The summed E-state index contributed by atoms with van der Waals surface area (Å²) in [5.74, 6) is -0.342. The number of anilines is 1. The smallest absolute Gasteiger partial charge is 0.217 e. The van der Waals surface area contributed by atoms with Gasteiger partial charge in [-0.1, -0.05) is 11.2 Å². The molecule has 124 valence electrons. The zero-order valence-electron chi connectivity index (χ0n) is 13.1. The lowest BCUT2D eigenvalue weighted by molar-refractivity contribution is -0.119. The van der Waals surface area contributed by atoms with Crippen molar-refractivity contribution in [2.75, 3.05) is 37.6 Å². The number of rotatable bonds is 4. The number of nitrogens with one attached hydrogen (secondary N) is 2. The van der Waals surface area contributed by atoms with Crippen LogP contribution in [0.2, 0.25) is 0 Å². The molecule has 2 aliphatic heterocycles. The van der Waals surface area contributed by atoms with Gasteiger partial charge in [0.15, 0.2) is 0 Å². The third-order valence-electron chi connectivity index (χ3n) is 4.05. The Labute approximate surface area is 134 Å². The summed E-state index contributed by atoms with van der Waals surface area (Å²) >= 11 is 0. The molecule has 23 heavy (non-hydrogen) atoms. The number of hydrogen-bond acceptors (Lipinski definition) is 5. The van der Waals surface area contributed by atoms with Crippen molar-refractivity contribution < 1.29 is 14.0 Å². The van der Waals surface area contributed by atoms with Crippen LogP contribution in [-0.2, 0) is 9.63 Å². The fraction of sp³-hybridized carbons (Fsp3) is 0.500. The first kappa shape index (κ1) is 15.7. The quantitative estimate of drug-likeness (QED) is 0.864. The molecule has 1 atom stereocenters. The molecule has 2 heterocycles. The Morgan fingerprint density at radius 2 is 2.26 bits per heavy atom. The minimum atomic E-state index is -0.239. The number of amides is 1. The minimum absolute atomic E-state index is 0.103. The Hall–Kier alpha value is -2.15. The molecule has 1 aromatic carbocycles.